The Morgan fingerprint density at radius 2 is 2.05 bits per heavy atom. The third-order valence-electron chi connectivity index (χ3n) is 3.80. The summed E-state index contributed by atoms with van der Waals surface area (Å²) in [5, 5.41) is 3.40. The highest BCUT2D eigenvalue weighted by Crippen LogP contribution is 2.29. The van der Waals surface area contributed by atoms with Crippen LogP contribution in [0, 0.1) is 5.82 Å². The summed E-state index contributed by atoms with van der Waals surface area (Å²) in [5.41, 5.74) is 3.88. The molecule has 106 valence electrons. The number of nitrogens with one attached hydrogen (secondary N) is 2. The van der Waals surface area contributed by atoms with Gasteiger partial charge in [-0.05, 0) is 29.8 Å². The molecule has 2 aromatic carbocycles. The van der Waals surface area contributed by atoms with Crippen molar-refractivity contribution in [1.29, 1.82) is 0 Å². The summed E-state index contributed by atoms with van der Waals surface area (Å²) >= 11 is 0. The Balaban J connectivity index is 1.84. The Hall–Kier alpha value is -2.40. The molecule has 5 heteroatoms. The molecule has 0 saturated heterocycles. The number of para-hydroxylation sites is 1. The summed E-state index contributed by atoms with van der Waals surface area (Å²) in [6.45, 7) is 2.54. The van der Waals surface area contributed by atoms with Gasteiger partial charge in [-0.2, -0.15) is 0 Å². The van der Waals surface area contributed by atoms with Gasteiger partial charge in [0.05, 0.1) is 11.0 Å². The van der Waals surface area contributed by atoms with Crippen LogP contribution in [-0.2, 0) is 6.54 Å². The van der Waals surface area contributed by atoms with Crippen LogP contribution in [0.3, 0.4) is 0 Å². The predicted octanol–water partition coefficient (Wildman–Crippen LogP) is 2.94. The lowest BCUT2D eigenvalue weighted by atomic mass is 10.1. The summed E-state index contributed by atoms with van der Waals surface area (Å²) in [4.78, 5) is 9.96. The van der Waals surface area contributed by atoms with Gasteiger partial charge in [-0.25, -0.2) is 9.37 Å². The van der Waals surface area contributed by atoms with Gasteiger partial charge in [-0.3, -0.25) is 0 Å². The topological polar surface area (TPSA) is 44.0 Å². The second-order valence-corrected chi connectivity index (χ2v) is 5.18. The first-order valence-electron chi connectivity index (χ1n) is 7.03. The second kappa shape index (κ2) is 4.86. The number of aromatic nitrogens is 2. The third-order valence-corrected chi connectivity index (χ3v) is 3.80. The number of hydrogen-bond donors (Lipinski definition) is 2. The van der Waals surface area contributed by atoms with Crippen molar-refractivity contribution in [2.75, 3.05) is 18.0 Å². The van der Waals surface area contributed by atoms with Crippen LogP contribution < -0.4 is 10.2 Å². The maximum atomic E-state index is 13.3. The Morgan fingerprint density at radius 3 is 3.00 bits per heavy atom. The molecule has 4 nitrogen and oxygen atoms in total. The molecule has 0 atom stereocenters. The lowest BCUT2D eigenvalue weighted by molar-refractivity contribution is 0.629. The van der Waals surface area contributed by atoms with Gasteiger partial charge in [-0.1, -0.05) is 18.2 Å². The number of H-pyrrole nitrogens is 1. The van der Waals surface area contributed by atoms with Gasteiger partial charge in [0.15, 0.2) is 0 Å². The zero-order valence-corrected chi connectivity index (χ0v) is 11.4. The molecule has 1 aliphatic rings. The van der Waals surface area contributed by atoms with Crippen molar-refractivity contribution in [2.24, 2.45) is 0 Å². The van der Waals surface area contributed by atoms with Crippen molar-refractivity contribution in [2.45, 2.75) is 6.54 Å². The van der Waals surface area contributed by atoms with Gasteiger partial charge in [0.2, 0.25) is 5.95 Å². The first-order chi connectivity index (χ1) is 10.3. The molecule has 0 radical (unpaired) electrons. The van der Waals surface area contributed by atoms with E-state index in [0.29, 0.717) is 0 Å². The molecule has 0 fully saturated rings. The summed E-state index contributed by atoms with van der Waals surface area (Å²) in [5.74, 6) is 0.502. The van der Waals surface area contributed by atoms with Crippen LogP contribution in [0.25, 0.3) is 11.0 Å². The van der Waals surface area contributed by atoms with Crippen LogP contribution in [0.2, 0.25) is 0 Å². The van der Waals surface area contributed by atoms with E-state index in [4.69, 9.17) is 0 Å². The van der Waals surface area contributed by atoms with Crippen LogP contribution in [0.15, 0.2) is 42.5 Å². The second-order valence-electron chi connectivity index (χ2n) is 5.18. The SMILES string of the molecule is Fc1ccc2nc(N3CCNCc4ccccc43)[nH]c2c1. The highest BCUT2D eigenvalue weighted by Gasteiger charge is 2.18. The first-order valence-corrected chi connectivity index (χ1v) is 7.03. The van der Waals surface area contributed by atoms with Crippen molar-refractivity contribution in [3.8, 4) is 0 Å². The van der Waals surface area contributed by atoms with E-state index in [-0.39, 0.29) is 5.82 Å². The molecule has 0 bridgehead atoms. The van der Waals surface area contributed by atoms with Crippen LogP contribution in [0.1, 0.15) is 5.56 Å². The van der Waals surface area contributed by atoms with Crippen molar-refractivity contribution < 1.29 is 4.39 Å². The van der Waals surface area contributed by atoms with Crippen LogP contribution in [0.4, 0.5) is 16.0 Å². The van der Waals surface area contributed by atoms with Gasteiger partial charge in [0.25, 0.3) is 0 Å². The fourth-order valence-corrected chi connectivity index (χ4v) is 2.77. The Bertz CT molecular complexity index is 796. The molecule has 2 N–H and O–H groups in total. The number of fused-ring (bicyclic) bond motifs is 2. The maximum absolute atomic E-state index is 13.3. The van der Waals surface area contributed by atoms with Gasteiger partial charge in [0.1, 0.15) is 5.82 Å². The van der Waals surface area contributed by atoms with Crippen molar-refractivity contribution in [1.82, 2.24) is 15.3 Å². The number of imidazole rings is 1. The van der Waals surface area contributed by atoms with E-state index >= 15 is 0 Å². The standard InChI is InChI=1S/C16H15FN4/c17-12-5-6-13-14(9-12)20-16(19-13)21-8-7-18-10-11-3-1-2-4-15(11)21/h1-6,9,18H,7-8,10H2,(H,19,20). The number of anilines is 2. The molecule has 1 aromatic heterocycles. The largest absolute Gasteiger partial charge is 0.324 e. The van der Waals surface area contributed by atoms with Crippen molar-refractivity contribution in [3.05, 3.63) is 53.8 Å². The number of halogens is 1. The predicted molar refractivity (Wildman–Crippen MR) is 81.2 cm³/mol. The Kier molecular flexibility index (Phi) is 2.86. The average molecular weight is 282 g/mol. The van der Waals surface area contributed by atoms with Crippen LogP contribution in [-0.4, -0.2) is 23.1 Å². The normalized spacial score (nSPS) is 15.0. The van der Waals surface area contributed by atoms with Gasteiger partial charge < -0.3 is 15.2 Å². The van der Waals surface area contributed by atoms with E-state index in [2.05, 4.69) is 32.3 Å². The van der Waals surface area contributed by atoms with E-state index in [1.54, 1.807) is 6.07 Å². The Labute approximate surface area is 121 Å². The van der Waals surface area contributed by atoms with Crippen molar-refractivity contribution in [3.63, 3.8) is 0 Å². The van der Waals surface area contributed by atoms with Gasteiger partial charge >= 0.3 is 0 Å². The van der Waals surface area contributed by atoms with E-state index in [0.717, 1.165) is 42.3 Å². The lowest BCUT2D eigenvalue weighted by Gasteiger charge is -2.21. The van der Waals surface area contributed by atoms with Crippen molar-refractivity contribution >= 4 is 22.7 Å². The van der Waals surface area contributed by atoms with Crippen LogP contribution in [0.5, 0.6) is 0 Å². The molecule has 0 aliphatic carbocycles. The number of rotatable bonds is 1. The molecule has 2 heterocycles. The van der Waals surface area contributed by atoms with E-state index in [9.17, 15) is 4.39 Å². The molecule has 0 spiro atoms. The van der Waals surface area contributed by atoms with Gasteiger partial charge in [0, 0.05) is 25.3 Å². The smallest absolute Gasteiger partial charge is 0.208 e. The highest BCUT2D eigenvalue weighted by molar-refractivity contribution is 5.79. The summed E-state index contributed by atoms with van der Waals surface area (Å²) in [6.07, 6.45) is 0. The number of benzene rings is 2. The number of hydrogen-bond acceptors (Lipinski definition) is 3. The number of nitrogens with zero attached hydrogens (tertiary/aromatic N) is 2. The van der Waals surface area contributed by atoms with Crippen LogP contribution >= 0.6 is 0 Å². The third kappa shape index (κ3) is 2.15. The molecule has 1 aliphatic heterocycles. The molecule has 3 aromatic rings. The molecule has 21 heavy (non-hydrogen) atoms. The quantitative estimate of drug-likeness (QED) is 0.721. The molecule has 0 unspecified atom stereocenters. The first kappa shape index (κ1) is 12.3. The molecule has 4 rings (SSSR count). The highest BCUT2D eigenvalue weighted by atomic mass is 19.1. The molecular weight excluding hydrogens is 267 g/mol. The maximum Gasteiger partial charge on any atom is 0.208 e. The molecule has 0 amide bonds. The summed E-state index contributed by atoms with van der Waals surface area (Å²) in [6, 6.07) is 12.9. The Morgan fingerprint density at radius 1 is 1.14 bits per heavy atom. The fourth-order valence-electron chi connectivity index (χ4n) is 2.77. The van der Waals surface area contributed by atoms with E-state index in [1.807, 2.05) is 12.1 Å². The fraction of sp³-hybridized carbons (Fsp3) is 0.188. The molecular formula is C16H15FN4. The average Bonchev–Trinajstić information content (AvgIpc) is 2.78. The van der Waals surface area contributed by atoms with E-state index in [1.165, 1.54) is 17.7 Å². The minimum atomic E-state index is -0.254. The van der Waals surface area contributed by atoms with E-state index < -0.39 is 0 Å². The zero-order valence-electron chi connectivity index (χ0n) is 11.4. The zero-order chi connectivity index (χ0) is 14.2. The van der Waals surface area contributed by atoms with Gasteiger partial charge in [-0.15, -0.1) is 0 Å². The summed E-state index contributed by atoms with van der Waals surface area (Å²) < 4.78 is 13.3. The number of aromatic amines is 1. The minimum Gasteiger partial charge on any atom is -0.324 e. The lowest BCUT2D eigenvalue weighted by Crippen LogP contribution is -2.25. The summed E-state index contributed by atoms with van der Waals surface area (Å²) in [7, 11) is 0. The monoisotopic (exact) mass is 282 g/mol. The molecule has 0 saturated carbocycles. The minimum absolute atomic E-state index is 0.254.